The lowest BCUT2D eigenvalue weighted by atomic mass is 10.1. The molecular formula is C26H28N4O3S. The lowest BCUT2D eigenvalue weighted by Gasteiger charge is -2.17. The Hall–Kier alpha value is -3.49. The van der Waals surface area contributed by atoms with Crippen LogP contribution in [0.3, 0.4) is 0 Å². The summed E-state index contributed by atoms with van der Waals surface area (Å²) < 4.78 is 29.0. The van der Waals surface area contributed by atoms with Crippen LogP contribution in [0.4, 0.5) is 0 Å². The predicted octanol–water partition coefficient (Wildman–Crippen LogP) is 3.64. The molecule has 1 aromatic heterocycles. The van der Waals surface area contributed by atoms with Crippen LogP contribution >= 0.6 is 0 Å². The van der Waals surface area contributed by atoms with Gasteiger partial charge in [0.25, 0.3) is 0 Å². The Morgan fingerprint density at radius 1 is 0.971 bits per heavy atom. The van der Waals surface area contributed by atoms with Crippen molar-refractivity contribution in [3.8, 4) is 0 Å². The highest BCUT2D eigenvalue weighted by Crippen LogP contribution is 2.21. The minimum atomic E-state index is -3.80. The summed E-state index contributed by atoms with van der Waals surface area (Å²) in [5, 5.41) is 9.24. The summed E-state index contributed by atoms with van der Waals surface area (Å²) in [5.74, 6) is -0.374. The average Bonchev–Trinajstić information content (AvgIpc) is 3.09. The molecule has 3 aromatic carbocycles. The van der Waals surface area contributed by atoms with E-state index in [1.165, 1.54) is 7.05 Å². The number of aromatic nitrogens is 2. The van der Waals surface area contributed by atoms with Crippen LogP contribution in [0.25, 0.3) is 10.8 Å². The van der Waals surface area contributed by atoms with E-state index in [-0.39, 0.29) is 23.9 Å². The number of rotatable bonds is 8. The number of nitrogens with one attached hydrogen (secondary N) is 1. The van der Waals surface area contributed by atoms with Crippen LogP contribution < -0.4 is 5.32 Å². The maximum atomic E-state index is 13.0. The van der Waals surface area contributed by atoms with Crippen LogP contribution in [-0.4, -0.2) is 42.0 Å². The fourth-order valence-corrected chi connectivity index (χ4v) is 5.10. The van der Waals surface area contributed by atoms with E-state index in [0.717, 1.165) is 37.6 Å². The van der Waals surface area contributed by atoms with Crippen molar-refractivity contribution in [3.63, 3.8) is 0 Å². The Labute approximate surface area is 200 Å². The van der Waals surface area contributed by atoms with E-state index in [1.807, 2.05) is 73.1 Å². The number of carbonyl (C=O) groups excluding carboxylic acids is 1. The Balaban J connectivity index is 1.40. The largest absolute Gasteiger partial charge is 0.351 e. The first-order valence-electron chi connectivity index (χ1n) is 11.0. The van der Waals surface area contributed by atoms with Gasteiger partial charge in [0.2, 0.25) is 15.9 Å². The van der Waals surface area contributed by atoms with Crippen molar-refractivity contribution in [3.05, 3.63) is 95.3 Å². The number of nitrogens with zero attached hydrogens (tertiary/aromatic N) is 3. The molecule has 4 rings (SSSR count). The second-order valence-corrected chi connectivity index (χ2v) is 10.4. The van der Waals surface area contributed by atoms with Gasteiger partial charge in [0.05, 0.1) is 23.7 Å². The minimum Gasteiger partial charge on any atom is -0.351 e. The lowest BCUT2D eigenvalue weighted by Crippen LogP contribution is -2.38. The summed E-state index contributed by atoms with van der Waals surface area (Å²) in [4.78, 5) is 12.8. The SMILES string of the molecule is Cc1nn(Cc2ccccc2)c(C)c1CNC(=O)CN(C)S(=O)(=O)c1ccc2ccccc2c1. The van der Waals surface area contributed by atoms with Crippen molar-refractivity contribution in [2.24, 2.45) is 0 Å². The van der Waals surface area contributed by atoms with Gasteiger partial charge in [-0.05, 0) is 42.3 Å². The molecule has 8 heteroatoms. The summed E-state index contributed by atoms with van der Waals surface area (Å²) in [7, 11) is -2.38. The third-order valence-corrected chi connectivity index (χ3v) is 7.76. The molecule has 0 saturated heterocycles. The maximum absolute atomic E-state index is 13.0. The highest BCUT2D eigenvalue weighted by Gasteiger charge is 2.23. The van der Waals surface area contributed by atoms with Gasteiger partial charge in [-0.2, -0.15) is 9.40 Å². The quantitative estimate of drug-likeness (QED) is 0.421. The monoisotopic (exact) mass is 476 g/mol. The summed E-state index contributed by atoms with van der Waals surface area (Å²) in [6.45, 7) is 4.54. The third-order valence-electron chi connectivity index (χ3n) is 5.96. The minimum absolute atomic E-state index is 0.162. The first kappa shape index (κ1) is 23.7. The smallest absolute Gasteiger partial charge is 0.243 e. The second-order valence-electron chi connectivity index (χ2n) is 8.34. The maximum Gasteiger partial charge on any atom is 0.243 e. The van der Waals surface area contributed by atoms with Gasteiger partial charge < -0.3 is 5.32 Å². The summed E-state index contributed by atoms with van der Waals surface area (Å²) >= 11 is 0. The van der Waals surface area contributed by atoms with Crippen molar-refractivity contribution in [1.82, 2.24) is 19.4 Å². The Morgan fingerprint density at radius 3 is 2.38 bits per heavy atom. The van der Waals surface area contributed by atoms with Gasteiger partial charge in [0, 0.05) is 24.8 Å². The number of sulfonamides is 1. The molecule has 0 atom stereocenters. The molecule has 1 heterocycles. The van der Waals surface area contributed by atoms with Gasteiger partial charge in [-0.1, -0.05) is 60.7 Å². The van der Waals surface area contributed by atoms with Gasteiger partial charge in [-0.25, -0.2) is 8.42 Å². The molecule has 0 aliphatic heterocycles. The summed E-state index contributed by atoms with van der Waals surface area (Å²) in [6, 6.07) is 22.6. The van der Waals surface area contributed by atoms with E-state index in [0.29, 0.717) is 6.54 Å². The van der Waals surface area contributed by atoms with Crippen LogP contribution in [0, 0.1) is 13.8 Å². The Kier molecular flexibility index (Phi) is 6.81. The van der Waals surface area contributed by atoms with E-state index in [1.54, 1.807) is 18.2 Å². The fraction of sp³-hybridized carbons (Fsp3) is 0.231. The zero-order valence-electron chi connectivity index (χ0n) is 19.5. The first-order valence-corrected chi connectivity index (χ1v) is 12.5. The molecular weight excluding hydrogens is 448 g/mol. The van der Waals surface area contributed by atoms with Crippen LogP contribution in [0.5, 0.6) is 0 Å². The van der Waals surface area contributed by atoms with Gasteiger partial charge in [0.1, 0.15) is 0 Å². The fourth-order valence-electron chi connectivity index (χ4n) is 3.94. The normalized spacial score (nSPS) is 11.8. The van der Waals surface area contributed by atoms with E-state index in [4.69, 9.17) is 0 Å². The second kappa shape index (κ2) is 9.79. The number of carbonyl (C=O) groups is 1. The van der Waals surface area contributed by atoms with Crippen LogP contribution in [0.2, 0.25) is 0 Å². The van der Waals surface area contributed by atoms with Crippen LogP contribution in [0.1, 0.15) is 22.5 Å². The number of amides is 1. The molecule has 7 nitrogen and oxygen atoms in total. The lowest BCUT2D eigenvalue weighted by molar-refractivity contribution is -0.121. The molecule has 4 aromatic rings. The van der Waals surface area contributed by atoms with Crippen molar-refractivity contribution in [1.29, 1.82) is 0 Å². The molecule has 0 saturated carbocycles. The number of aryl methyl sites for hydroxylation is 1. The topological polar surface area (TPSA) is 84.3 Å². The summed E-state index contributed by atoms with van der Waals surface area (Å²) in [6.07, 6.45) is 0. The van der Waals surface area contributed by atoms with E-state index in [2.05, 4.69) is 10.4 Å². The van der Waals surface area contributed by atoms with Crippen LogP contribution in [-0.2, 0) is 27.9 Å². The third kappa shape index (κ3) is 5.03. The predicted molar refractivity (Wildman–Crippen MR) is 133 cm³/mol. The van der Waals surface area contributed by atoms with Gasteiger partial charge in [0.15, 0.2) is 0 Å². The highest BCUT2D eigenvalue weighted by molar-refractivity contribution is 7.89. The molecule has 0 unspecified atom stereocenters. The highest BCUT2D eigenvalue weighted by atomic mass is 32.2. The molecule has 0 aliphatic rings. The molecule has 1 N–H and O–H groups in total. The zero-order chi connectivity index (χ0) is 24.3. The molecule has 0 spiro atoms. The van der Waals surface area contributed by atoms with Crippen molar-refractivity contribution < 1.29 is 13.2 Å². The molecule has 1 amide bonds. The molecule has 176 valence electrons. The number of fused-ring (bicyclic) bond motifs is 1. The number of likely N-dealkylation sites (N-methyl/N-ethyl adjacent to an activating group) is 1. The van der Waals surface area contributed by atoms with E-state index >= 15 is 0 Å². The van der Waals surface area contributed by atoms with Gasteiger partial charge >= 0.3 is 0 Å². The molecule has 0 fully saturated rings. The van der Waals surface area contributed by atoms with Crippen molar-refractivity contribution >= 4 is 26.7 Å². The molecule has 0 bridgehead atoms. The van der Waals surface area contributed by atoms with Gasteiger partial charge in [-0.15, -0.1) is 0 Å². The number of benzene rings is 3. The van der Waals surface area contributed by atoms with E-state index < -0.39 is 10.0 Å². The standard InChI is InChI=1S/C26H28N4O3S/c1-19-25(20(2)30(28-19)17-21-9-5-4-6-10-21)16-27-26(31)18-29(3)34(32,33)24-14-13-22-11-7-8-12-23(22)15-24/h4-15H,16-18H2,1-3H3,(H,27,31). The molecule has 0 radical (unpaired) electrons. The number of hydrogen-bond donors (Lipinski definition) is 1. The van der Waals surface area contributed by atoms with Crippen LogP contribution in [0.15, 0.2) is 77.7 Å². The first-order chi connectivity index (χ1) is 16.3. The molecule has 0 aliphatic carbocycles. The van der Waals surface area contributed by atoms with Crippen molar-refractivity contribution in [2.45, 2.75) is 31.8 Å². The number of hydrogen-bond acceptors (Lipinski definition) is 4. The van der Waals surface area contributed by atoms with E-state index in [9.17, 15) is 13.2 Å². The average molecular weight is 477 g/mol. The Morgan fingerprint density at radius 2 is 1.65 bits per heavy atom. The van der Waals surface area contributed by atoms with Crippen molar-refractivity contribution in [2.75, 3.05) is 13.6 Å². The zero-order valence-corrected chi connectivity index (χ0v) is 20.3. The summed E-state index contributed by atoms with van der Waals surface area (Å²) in [5.41, 5.74) is 3.89. The van der Waals surface area contributed by atoms with Gasteiger partial charge in [-0.3, -0.25) is 9.48 Å². The Bertz CT molecular complexity index is 1430. The molecule has 34 heavy (non-hydrogen) atoms.